The molecule has 2 heterocycles. The molecule has 0 amide bonds. The van der Waals surface area contributed by atoms with Gasteiger partial charge in [0.25, 0.3) is 0 Å². The van der Waals surface area contributed by atoms with Crippen molar-refractivity contribution < 1.29 is 0 Å². The average molecular weight is 442 g/mol. The van der Waals surface area contributed by atoms with Gasteiger partial charge in [-0.1, -0.05) is 25.3 Å². The van der Waals surface area contributed by atoms with E-state index in [1.54, 1.807) is 0 Å². The topological polar surface area (TPSA) is 40.5 Å². The van der Waals surface area contributed by atoms with Gasteiger partial charge in [-0.15, -0.1) is 24.0 Å². The van der Waals surface area contributed by atoms with E-state index in [1.807, 2.05) is 18.3 Å². The number of aliphatic imine (C=N–C) groups is 1. The van der Waals surface area contributed by atoms with Crippen LogP contribution in [0.15, 0.2) is 29.4 Å². The van der Waals surface area contributed by atoms with Crippen LogP contribution in [-0.4, -0.2) is 42.0 Å². The molecule has 0 atom stereocenters. The third-order valence-corrected chi connectivity index (χ3v) is 5.34. The van der Waals surface area contributed by atoms with Gasteiger partial charge in [0.15, 0.2) is 5.96 Å². The maximum Gasteiger partial charge on any atom is 0.193 e. The molecule has 4 nitrogen and oxygen atoms in total. The number of aromatic nitrogens is 1. The molecule has 134 valence electrons. The molecule has 5 heteroatoms. The van der Waals surface area contributed by atoms with Gasteiger partial charge in [-0.05, 0) is 43.7 Å². The van der Waals surface area contributed by atoms with Crippen molar-refractivity contribution in [1.82, 2.24) is 15.2 Å². The molecule has 0 unspecified atom stereocenters. The van der Waals surface area contributed by atoms with Crippen molar-refractivity contribution in [2.45, 2.75) is 51.9 Å². The first kappa shape index (κ1) is 19.5. The summed E-state index contributed by atoms with van der Waals surface area (Å²) in [5.74, 6) is 1.10. The third-order valence-electron chi connectivity index (χ3n) is 5.34. The molecule has 0 aromatic carbocycles. The predicted molar refractivity (Wildman–Crippen MR) is 111 cm³/mol. The normalized spacial score (nSPS) is 20.0. The fourth-order valence-corrected chi connectivity index (χ4v) is 4.07. The summed E-state index contributed by atoms with van der Waals surface area (Å²) in [6.45, 7) is 6.26. The van der Waals surface area contributed by atoms with E-state index >= 15 is 0 Å². The maximum atomic E-state index is 4.86. The SMILES string of the molecule is CCNC(=NCCc1ccccn1)N1CCC2(CCCCC2)C1.I. The third kappa shape index (κ3) is 5.07. The van der Waals surface area contributed by atoms with Crippen molar-refractivity contribution in [2.75, 3.05) is 26.2 Å². The number of nitrogens with one attached hydrogen (secondary N) is 1. The van der Waals surface area contributed by atoms with Crippen molar-refractivity contribution >= 4 is 29.9 Å². The monoisotopic (exact) mass is 442 g/mol. The number of nitrogens with zero attached hydrogens (tertiary/aromatic N) is 3. The Morgan fingerprint density at radius 1 is 1.25 bits per heavy atom. The van der Waals surface area contributed by atoms with Crippen molar-refractivity contribution in [3.8, 4) is 0 Å². The Balaban J connectivity index is 0.00000208. The molecular formula is C19H31IN4. The quantitative estimate of drug-likeness (QED) is 0.438. The van der Waals surface area contributed by atoms with E-state index in [-0.39, 0.29) is 24.0 Å². The number of likely N-dealkylation sites (tertiary alicyclic amines) is 1. The van der Waals surface area contributed by atoms with Gasteiger partial charge in [-0.3, -0.25) is 9.98 Å². The van der Waals surface area contributed by atoms with Crippen LogP contribution in [0.5, 0.6) is 0 Å². The second-order valence-electron chi connectivity index (χ2n) is 7.04. The lowest BCUT2D eigenvalue weighted by atomic mass is 9.73. The zero-order chi connectivity index (χ0) is 16.0. The highest BCUT2D eigenvalue weighted by Crippen LogP contribution is 2.43. The zero-order valence-corrected chi connectivity index (χ0v) is 17.2. The Morgan fingerprint density at radius 3 is 2.79 bits per heavy atom. The zero-order valence-electron chi connectivity index (χ0n) is 14.8. The summed E-state index contributed by atoms with van der Waals surface area (Å²) in [4.78, 5) is 11.7. The molecule has 0 radical (unpaired) electrons. The summed E-state index contributed by atoms with van der Waals surface area (Å²) in [6.07, 6.45) is 11.2. The number of rotatable bonds is 4. The van der Waals surface area contributed by atoms with Gasteiger partial charge in [-0.25, -0.2) is 0 Å². The van der Waals surface area contributed by atoms with Gasteiger partial charge in [0.2, 0.25) is 0 Å². The van der Waals surface area contributed by atoms with Crippen LogP contribution in [0.1, 0.15) is 51.1 Å². The summed E-state index contributed by atoms with van der Waals surface area (Å²) in [6, 6.07) is 6.09. The fraction of sp³-hybridized carbons (Fsp3) is 0.684. The minimum absolute atomic E-state index is 0. The average Bonchev–Trinajstić information content (AvgIpc) is 2.99. The minimum atomic E-state index is 0. The second-order valence-corrected chi connectivity index (χ2v) is 7.04. The molecule has 2 aliphatic rings. The molecule has 1 aromatic rings. The van der Waals surface area contributed by atoms with Crippen molar-refractivity contribution in [3.63, 3.8) is 0 Å². The Morgan fingerprint density at radius 2 is 2.08 bits per heavy atom. The molecule has 0 bridgehead atoms. The largest absolute Gasteiger partial charge is 0.357 e. The lowest BCUT2D eigenvalue weighted by Crippen LogP contribution is -2.41. The summed E-state index contributed by atoms with van der Waals surface area (Å²) >= 11 is 0. The van der Waals surface area contributed by atoms with Crippen molar-refractivity contribution in [3.05, 3.63) is 30.1 Å². The standard InChI is InChI=1S/C19H30N4.HI/c1-2-20-18(22-14-9-17-8-4-7-13-21-17)23-15-12-19(16-23)10-5-3-6-11-19;/h4,7-8,13H,2-3,5-6,9-12,14-16H2,1H3,(H,20,22);1H. The molecule has 2 fully saturated rings. The van der Waals surface area contributed by atoms with Gasteiger partial charge in [-0.2, -0.15) is 0 Å². The van der Waals surface area contributed by atoms with E-state index in [2.05, 4.69) is 28.2 Å². The van der Waals surface area contributed by atoms with Crippen LogP contribution < -0.4 is 5.32 Å². The second kappa shape index (κ2) is 9.59. The number of hydrogen-bond acceptors (Lipinski definition) is 2. The number of guanidine groups is 1. The van der Waals surface area contributed by atoms with Gasteiger partial charge in [0.1, 0.15) is 0 Å². The van der Waals surface area contributed by atoms with Crippen LogP contribution in [0, 0.1) is 5.41 Å². The molecule has 1 spiro atoms. The molecule has 24 heavy (non-hydrogen) atoms. The van der Waals surface area contributed by atoms with E-state index < -0.39 is 0 Å². The Kier molecular flexibility index (Phi) is 7.78. The highest BCUT2D eigenvalue weighted by atomic mass is 127. The first-order chi connectivity index (χ1) is 11.3. The van der Waals surface area contributed by atoms with Gasteiger partial charge in [0, 0.05) is 44.5 Å². The maximum absolute atomic E-state index is 4.86. The molecule has 1 aliphatic heterocycles. The minimum Gasteiger partial charge on any atom is -0.357 e. The number of hydrogen-bond donors (Lipinski definition) is 1. The van der Waals surface area contributed by atoms with Gasteiger partial charge >= 0.3 is 0 Å². The van der Waals surface area contributed by atoms with E-state index in [0.717, 1.165) is 37.7 Å². The lowest BCUT2D eigenvalue weighted by molar-refractivity contribution is 0.203. The number of pyridine rings is 1. The molecule has 1 saturated carbocycles. The highest BCUT2D eigenvalue weighted by molar-refractivity contribution is 14.0. The van der Waals surface area contributed by atoms with Crippen LogP contribution >= 0.6 is 24.0 Å². The summed E-state index contributed by atoms with van der Waals surface area (Å²) in [5, 5.41) is 3.49. The fourth-order valence-electron chi connectivity index (χ4n) is 4.07. The molecule has 1 aliphatic carbocycles. The lowest BCUT2D eigenvalue weighted by Gasteiger charge is -2.33. The van der Waals surface area contributed by atoms with Crippen LogP contribution in [0.4, 0.5) is 0 Å². The number of halogens is 1. The Labute approximate surface area is 163 Å². The Hall–Kier alpha value is -0.850. The molecule has 1 N–H and O–H groups in total. The first-order valence-corrected chi connectivity index (χ1v) is 9.24. The summed E-state index contributed by atoms with van der Waals surface area (Å²) in [7, 11) is 0. The highest BCUT2D eigenvalue weighted by Gasteiger charge is 2.39. The van der Waals surface area contributed by atoms with Crippen LogP contribution in [0.25, 0.3) is 0 Å². The summed E-state index contributed by atoms with van der Waals surface area (Å²) < 4.78 is 0. The Bertz CT molecular complexity index is 511. The molecule has 1 aromatic heterocycles. The van der Waals surface area contributed by atoms with Crippen molar-refractivity contribution in [2.24, 2.45) is 10.4 Å². The molecule has 1 saturated heterocycles. The first-order valence-electron chi connectivity index (χ1n) is 9.24. The van der Waals surface area contributed by atoms with Gasteiger partial charge < -0.3 is 10.2 Å². The molecular weight excluding hydrogens is 411 g/mol. The molecule has 3 rings (SSSR count). The van der Waals surface area contributed by atoms with Gasteiger partial charge in [0.05, 0.1) is 0 Å². The smallest absolute Gasteiger partial charge is 0.193 e. The summed E-state index contributed by atoms with van der Waals surface area (Å²) in [5.41, 5.74) is 1.70. The van der Waals surface area contributed by atoms with Crippen LogP contribution in [0.3, 0.4) is 0 Å². The van der Waals surface area contributed by atoms with E-state index in [1.165, 1.54) is 45.1 Å². The van der Waals surface area contributed by atoms with Crippen LogP contribution in [-0.2, 0) is 6.42 Å². The van der Waals surface area contributed by atoms with E-state index in [0.29, 0.717) is 5.41 Å². The predicted octanol–water partition coefficient (Wildman–Crippen LogP) is 3.86. The van der Waals surface area contributed by atoms with Crippen molar-refractivity contribution in [1.29, 1.82) is 0 Å². The van der Waals surface area contributed by atoms with Crippen LogP contribution in [0.2, 0.25) is 0 Å². The van der Waals surface area contributed by atoms with E-state index in [9.17, 15) is 0 Å². The van der Waals surface area contributed by atoms with E-state index in [4.69, 9.17) is 4.99 Å².